The van der Waals surface area contributed by atoms with E-state index in [0.29, 0.717) is 17.3 Å². The highest BCUT2D eigenvalue weighted by molar-refractivity contribution is 5.45. The van der Waals surface area contributed by atoms with E-state index in [4.69, 9.17) is 4.74 Å². The number of rotatable bonds is 3. The van der Waals surface area contributed by atoms with Crippen LogP contribution in [0.25, 0.3) is 5.69 Å². The van der Waals surface area contributed by atoms with Gasteiger partial charge in [-0.05, 0) is 36.7 Å². The van der Waals surface area contributed by atoms with Crippen LogP contribution in [0.2, 0.25) is 0 Å². The highest BCUT2D eigenvalue weighted by atomic mass is 19.1. The zero-order chi connectivity index (χ0) is 13.2. The Hall–Kier alpha value is -2.02. The van der Waals surface area contributed by atoms with E-state index >= 15 is 0 Å². The molecule has 0 spiro atoms. The van der Waals surface area contributed by atoms with Crippen molar-refractivity contribution in [1.29, 1.82) is 0 Å². The Labute approximate surface area is 109 Å². The molecule has 2 aromatic rings. The summed E-state index contributed by atoms with van der Waals surface area (Å²) in [6, 6.07) is 4.33. The summed E-state index contributed by atoms with van der Waals surface area (Å²) in [5.74, 6) is 0.766. The fraction of sp³-hybridized carbons (Fsp3) is 0.417. The first-order valence-electron chi connectivity index (χ1n) is 6.15. The van der Waals surface area contributed by atoms with Crippen LogP contribution in [0.1, 0.15) is 24.7 Å². The Kier molecular flexibility index (Phi) is 3.12. The minimum absolute atomic E-state index is 0.133. The summed E-state index contributed by atoms with van der Waals surface area (Å²) in [6.45, 7) is 0.961. The molecule has 1 aliphatic heterocycles. The molecule has 7 heteroatoms. The quantitative estimate of drug-likeness (QED) is 0.902. The van der Waals surface area contributed by atoms with Crippen LogP contribution in [-0.2, 0) is 0 Å². The summed E-state index contributed by atoms with van der Waals surface area (Å²) in [7, 11) is 1.52. The van der Waals surface area contributed by atoms with Crippen LogP contribution in [0.4, 0.5) is 4.39 Å². The van der Waals surface area contributed by atoms with E-state index in [1.165, 1.54) is 24.0 Å². The molecule has 6 nitrogen and oxygen atoms in total. The minimum Gasteiger partial charge on any atom is -0.494 e. The number of tetrazole rings is 1. The molecule has 1 aromatic carbocycles. The Morgan fingerprint density at radius 1 is 1.47 bits per heavy atom. The number of halogens is 1. The van der Waals surface area contributed by atoms with Gasteiger partial charge in [0.05, 0.1) is 13.2 Å². The third kappa shape index (κ3) is 2.28. The van der Waals surface area contributed by atoms with Crippen LogP contribution in [0.15, 0.2) is 18.2 Å². The third-order valence-corrected chi connectivity index (χ3v) is 3.16. The molecule has 0 amide bonds. The van der Waals surface area contributed by atoms with Crippen molar-refractivity contribution in [2.45, 2.75) is 18.9 Å². The molecule has 1 aliphatic rings. The highest BCUT2D eigenvalue weighted by Gasteiger charge is 2.21. The molecule has 1 unspecified atom stereocenters. The second-order valence-corrected chi connectivity index (χ2v) is 4.40. The van der Waals surface area contributed by atoms with Gasteiger partial charge in [0.2, 0.25) is 0 Å². The van der Waals surface area contributed by atoms with Gasteiger partial charge in [-0.3, -0.25) is 0 Å². The lowest BCUT2D eigenvalue weighted by Crippen LogP contribution is -2.14. The standard InChI is InChI=1S/C12H14FN5O/c1-19-11-5-4-8(13)7-10(11)18-16-12(15-17-18)9-3-2-6-14-9/h4-5,7,9,14H,2-3,6H2,1H3. The van der Waals surface area contributed by atoms with Crippen LogP contribution in [0.3, 0.4) is 0 Å². The van der Waals surface area contributed by atoms with E-state index in [0.717, 1.165) is 19.4 Å². The molecule has 1 N–H and O–H groups in total. The first-order valence-corrected chi connectivity index (χ1v) is 6.15. The van der Waals surface area contributed by atoms with Gasteiger partial charge in [-0.1, -0.05) is 0 Å². The van der Waals surface area contributed by atoms with E-state index in [9.17, 15) is 4.39 Å². The van der Waals surface area contributed by atoms with Gasteiger partial charge < -0.3 is 10.1 Å². The van der Waals surface area contributed by atoms with E-state index in [2.05, 4.69) is 20.7 Å². The van der Waals surface area contributed by atoms with E-state index in [-0.39, 0.29) is 11.9 Å². The summed E-state index contributed by atoms with van der Waals surface area (Å²) in [5, 5.41) is 15.6. The molecule has 100 valence electrons. The number of nitrogens with one attached hydrogen (secondary N) is 1. The van der Waals surface area contributed by atoms with Crippen molar-refractivity contribution < 1.29 is 9.13 Å². The maximum absolute atomic E-state index is 13.3. The average Bonchev–Trinajstić information content (AvgIpc) is 3.09. The number of hydrogen-bond acceptors (Lipinski definition) is 5. The number of hydrogen-bond donors (Lipinski definition) is 1. The van der Waals surface area contributed by atoms with Gasteiger partial charge in [0.15, 0.2) is 5.82 Å². The lowest BCUT2D eigenvalue weighted by molar-refractivity contribution is 0.408. The summed E-state index contributed by atoms with van der Waals surface area (Å²) < 4.78 is 18.5. The molecule has 0 radical (unpaired) electrons. The Bertz CT molecular complexity index is 579. The molecular weight excluding hydrogens is 249 g/mol. The molecular formula is C12H14FN5O. The van der Waals surface area contributed by atoms with Crippen molar-refractivity contribution in [2.75, 3.05) is 13.7 Å². The number of aromatic nitrogens is 4. The number of nitrogens with zero attached hydrogens (tertiary/aromatic N) is 4. The lowest BCUT2D eigenvalue weighted by atomic mass is 10.2. The summed E-state index contributed by atoms with van der Waals surface area (Å²) >= 11 is 0. The summed E-state index contributed by atoms with van der Waals surface area (Å²) in [6.07, 6.45) is 2.09. The molecule has 1 saturated heterocycles. The van der Waals surface area contributed by atoms with Gasteiger partial charge in [-0.25, -0.2) is 4.39 Å². The number of methoxy groups -OCH3 is 1. The lowest BCUT2D eigenvalue weighted by Gasteiger charge is -2.06. The predicted molar refractivity (Wildman–Crippen MR) is 65.6 cm³/mol. The molecule has 0 saturated carbocycles. The van der Waals surface area contributed by atoms with Crippen molar-refractivity contribution in [3.8, 4) is 11.4 Å². The zero-order valence-electron chi connectivity index (χ0n) is 10.5. The van der Waals surface area contributed by atoms with Gasteiger partial charge in [0.1, 0.15) is 17.3 Å². The molecule has 1 atom stereocenters. The maximum atomic E-state index is 13.3. The Balaban J connectivity index is 1.95. The normalized spacial score (nSPS) is 18.7. The third-order valence-electron chi connectivity index (χ3n) is 3.16. The number of ether oxygens (including phenoxy) is 1. The Morgan fingerprint density at radius 2 is 2.37 bits per heavy atom. The van der Waals surface area contributed by atoms with Crippen molar-refractivity contribution in [3.05, 3.63) is 29.8 Å². The molecule has 2 heterocycles. The second-order valence-electron chi connectivity index (χ2n) is 4.40. The van der Waals surface area contributed by atoms with Gasteiger partial charge >= 0.3 is 0 Å². The van der Waals surface area contributed by atoms with Crippen LogP contribution < -0.4 is 10.1 Å². The SMILES string of the molecule is COc1ccc(F)cc1-n1nnc(C2CCCN2)n1. The maximum Gasteiger partial charge on any atom is 0.192 e. The fourth-order valence-electron chi connectivity index (χ4n) is 2.19. The molecule has 1 fully saturated rings. The molecule has 19 heavy (non-hydrogen) atoms. The van der Waals surface area contributed by atoms with Gasteiger partial charge in [-0.2, -0.15) is 0 Å². The molecule has 3 rings (SSSR count). The average molecular weight is 263 g/mol. The van der Waals surface area contributed by atoms with Crippen molar-refractivity contribution in [2.24, 2.45) is 0 Å². The first-order chi connectivity index (χ1) is 9.28. The topological polar surface area (TPSA) is 64.9 Å². The van der Waals surface area contributed by atoms with Crippen molar-refractivity contribution in [1.82, 2.24) is 25.5 Å². The smallest absolute Gasteiger partial charge is 0.192 e. The van der Waals surface area contributed by atoms with Crippen LogP contribution in [-0.4, -0.2) is 33.9 Å². The van der Waals surface area contributed by atoms with Crippen LogP contribution in [0, 0.1) is 5.82 Å². The first kappa shape index (κ1) is 12.0. The summed E-state index contributed by atoms with van der Waals surface area (Å²) in [4.78, 5) is 1.30. The van der Waals surface area contributed by atoms with E-state index in [1.807, 2.05) is 0 Å². The van der Waals surface area contributed by atoms with Gasteiger partial charge in [-0.15, -0.1) is 15.0 Å². The van der Waals surface area contributed by atoms with Crippen LogP contribution >= 0.6 is 0 Å². The van der Waals surface area contributed by atoms with E-state index in [1.54, 1.807) is 6.07 Å². The molecule has 0 aliphatic carbocycles. The van der Waals surface area contributed by atoms with E-state index < -0.39 is 0 Å². The van der Waals surface area contributed by atoms with Crippen LogP contribution in [0.5, 0.6) is 5.75 Å². The monoisotopic (exact) mass is 263 g/mol. The fourth-order valence-corrected chi connectivity index (χ4v) is 2.19. The van der Waals surface area contributed by atoms with Crippen molar-refractivity contribution >= 4 is 0 Å². The van der Waals surface area contributed by atoms with Crippen molar-refractivity contribution in [3.63, 3.8) is 0 Å². The highest BCUT2D eigenvalue weighted by Crippen LogP contribution is 2.24. The van der Waals surface area contributed by atoms with Gasteiger partial charge in [0.25, 0.3) is 0 Å². The second kappa shape index (κ2) is 4.93. The number of benzene rings is 1. The zero-order valence-corrected chi connectivity index (χ0v) is 10.5. The molecule has 0 bridgehead atoms. The van der Waals surface area contributed by atoms with Gasteiger partial charge in [0, 0.05) is 6.07 Å². The minimum atomic E-state index is -0.367. The largest absolute Gasteiger partial charge is 0.494 e. The Morgan fingerprint density at radius 3 is 3.11 bits per heavy atom. The predicted octanol–water partition coefficient (Wildman–Crippen LogP) is 1.23. The summed E-state index contributed by atoms with van der Waals surface area (Å²) in [5.41, 5.74) is 0.444. The molecule has 1 aromatic heterocycles.